The predicted molar refractivity (Wildman–Crippen MR) is 62.8 cm³/mol. The van der Waals surface area contributed by atoms with Gasteiger partial charge < -0.3 is 4.90 Å². The minimum Gasteiger partial charge on any atom is -0.353 e. The van der Waals surface area contributed by atoms with Gasteiger partial charge in [0.25, 0.3) is 0 Å². The van der Waals surface area contributed by atoms with Gasteiger partial charge >= 0.3 is 0 Å². The van der Waals surface area contributed by atoms with Gasteiger partial charge in [0.05, 0.1) is 5.69 Å². The minimum absolute atomic E-state index is 0.345. The number of aromatic nitrogens is 1. The van der Waals surface area contributed by atoms with E-state index in [0.717, 1.165) is 12.1 Å². The highest BCUT2D eigenvalue weighted by atomic mass is 35.5. The summed E-state index contributed by atoms with van der Waals surface area (Å²) in [5.74, 6) is 0. The van der Waals surface area contributed by atoms with Crippen molar-refractivity contribution in [3.05, 3.63) is 11.3 Å². The highest BCUT2D eigenvalue weighted by Gasteiger charge is 2.12. The van der Waals surface area contributed by atoms with Gasteiger partial charge in [-0.2, -0.15) is 9.64 Å². The van der Waals surface area contributed by atoms with E-state index in [0.29, 0.717) is 15.9 Å². The third-order valence-corrected chi connectivity index (χ3v) is 2.96. The summed E-state index contributed by atoms with van der Waals surface area (Å²) in [6.07, 6.45) is 0.731. The Morgan fingerprint density at radius 3 is 2.80 bits per heavy atom. The Morgan fingerprint density at radius 2 is 2.33 bits per heavy atom. The van der Waals surface area contributed by atoms with Crippen LogP contribution in [0.3, 0.4) is 0 Å². The zero-order valence-electron chi connectivity index (χ0n) is 8.78. The second-order valence-electron chi connectivity index (χ2n) is 3.05. The van der Waals surface area contributed by atoms with Crippen molar-refractivity contribution in [3.8, 4) is 6.07 Å². The van der Waals surface area contributed by atoms with Crippen molar-refractivity contribution in [3.63, 3.8) is 0 Å². The van der Waals surface area contributed by atoms with E-state index in [1.165, 1.54) is 11.5 Å². The first kappa shape index (κ1) is 12.0. The average molecular weight is 243 g/mol. The molecule has 0 saturated heterocycles. The third-order valence-electron chi connectivity index (χ3n) is 1.75. The number of halogens is 1. The maximum Gasteiger partial charge on any atom is 0.199 e. The molecule has 0 aliphatic heterocycles. The van der Waals surface area contributed by atoms with Crippen LogP contribution in [-0.2, 0) is 6.42 Å². The van der Waals surface area contributed by atoms with Gasteiger partial charge in [-0.25, -0.2) is 4.99 Å². The molecule has 0 radical (unpaired) electrons. The molecule has 1 aromatic rings. The van der Waals surface area contributed by atoms with Crippen molar-refractivity contribution in [2.75, 3.05) is 14.1 Å². The van der Waals surface area contributed by atoms with Crippen LogP contribution >= 0.6 is 23.1 Å². The second kappa shape index (κ2) is 5.10. The summed E-state index contributed by atoms with van der Waals surface area (Å²) >= 11 is 7.08. The van der Waals surface area contributed by atoms with Crippen LogP contribution in [-0.4, -0.2) is 28.7 Å². The topological polar surface area (TPSA) is 52.3 Å². The molecule has 0 saturated carbocycles. The van der Waals surface area contributed by atoms with E-state index in [-0.39, 0.29) is 0 Å². The van der Waals surface area contributed by atoms with E-state index in [9.17, 15) is 0 Å². The Bertz CT molecular complexity index is 416. The van der Waals surface area contributed by atoms with E-state index >= 15 is 0 Å². The lowest BCUT2D eigenvalue weighted by atomic mass is 10.2. The van der Waals surface area contributed by atoms with Crippen LogP contribution in [0.1, 0.15) is 18.2 Å². The first-order valence-electron chi connectivity index (χ1n) is 4.40. The number of rotatable bonds is 2. The zero-order chi connectivity index (χ0) is 11.4. The fourth-order valence-electron chi connectivity index (χ4n) is 0.927. The van der Waals surface area contributed by atoms with Crippen molar-refractivity contribution in [2.45, 2.75) is 13.3 Å². The van der Waals surface area contributed by atoms with Crippen LogP contribution < -0.4 is 0 Å². The molecular formula is C9H11ClN4S. The summed E-state index contributed by atoms with van der Waals surface area (Å²) in [6, 6.07) is 2.10. The highest BCUT2D eigenvalue weighted by Crippen LogP contribution is 2.28. The molecule has 4 nitrogen and oxygen atoms in total. The van der Waals surface area contributed by atoms with Crippen LogP contribution in [0.2, 0.25) is 0 Å². The van der Waals surface area contributed by atoms with Gasteiger partial charge in [0, 0.05) is 14.1 Å². The van der Waals surface area contributed by atoms with Gasteiger partial charge in [0.15, 0.2) is 10.3 Å². The first-order chi connectivity index (χ1) is 7.10. The summed E-state index contributed by atoms with van der Waals surface area (Å²) in [7, 11) is 3.58. The maximum absolute atomic E-state index is 8.96. The summed E-state index contributed by atoms with van der Waals surface area (Å²) in [5.41, 5.74) is 1.31. The van der Waals surface area contributed by atoms with Crippen LogP contribution in [0.25, 0.3) is 0 Å². The molecular weight excluding hydrogens is 232 g/mol. The fraction of sp³-hybridized carbons (Fsp3) is 0.444. The Balaban J connectivity index is 3.12. The third kappa shape index (κ3) is 2.67. The standard InChI is InChI=1S/C9H11ClN4S/c1-4-7-6(5-11)8(15-13-7)12-9(10)14(2)3/h4H2,1-3H3/b12-9+. The average Bonchev–Trinajstić information content (AvgIpc) is 2.59. The minimum atomic E-state index is 0.345. The number of hydrogen-bond donors (Lipinski definition) is 0. The van der Waals surface area contributed by atoms with E-state index in [1.807, 2.05) is 6.92 Å². The molecule has 0 amide bonds. The van der Waals surface area contributed by atoms with Crippen LogP contribution in [0.15, 0.2) is 4.99 Å². The predicted octanol–water partition coefficient (Wildman–Crippen LogP) is 2.37. The molecule has 0 aliphatic rings. The lowest BCUT2D eigenvalue weighted by molar-refractivity contribution is 0.635. The maximum atomic E-state index is 8.96. The smallest absolute Gasteiger partial charge is 0.199 e. The Labute approximate surface area is 98.0 Å². The van der Waals surface area contributed by atoms with E-state index in [2.05, 4.69) is 15.4 Å². The largest absolute Gasteiger partial charge is 0.353 e. The Morgan fingerprint density at radius 1 is 1.67 bits per heavy atom. The monoisotopic (exact) mass is 242 g/mol. The van der Waals surface area contributed by atoms with Crippen molar-refractivity contribution in [1.82, 2.24) is 9.27 Å². The van der Waals surface area contributed by atoms with Crippen LogP contribution in [0, 0.1) is 11.3 Å². The molecule has 0 unspecified atom stereocenters. The molecule has 1 heterocycles. The molecule has 0 N–H and O–H groups in total. The van der Waals surface area contributed by atoms with Gasteiger partial charge in [0.2, 0.25) is 0 Å². The molecule has 0 aromatic carbocycles. The van der Waals surface area contributed by atoms with Gasteiger partial charge in [0.1, 0.15) is 11.6 Å². The van der Waals surface area contributed by atoms with Crippen molar-refractivity contribution < 1.29 is 0 Å². The summed E-state index contributed by atoms with van der Waals surface area (Å²) in [5, 5.41) is 9.88. The fourth-order valence-corrected chi connectivity index (χ4v) is 1.86. The molecule has 80 valence electrons. The normalized spacial score (nSPS) is 11.3. The Kier molecular flexibility index (Phi) is 4.06. The number of aryl methyl sites for hydroxylation is 1. The molecule has 0 aliphatic carbocycles. The number of amidine groups is 1. The van der Waals surface area contributed by atoms with Crippen molar-refractivity contribution in [2.24, 2.45) is 4.99 Å². The second-order valence-corrected chi connectivity index (χ2v) is 4.14. The van der Waals surface area contributed by atoms with Crippen LogP contribution in [0.5, 0.6) is 0 Å². The zero-order valence-corrected chi connectivity index (χ0v) is 10.4. The Hall–Kier alpha value is -1.12. The van der Waals surface area contributed by atoms with Gasteiger partial charge in [-0.1, -0.05) is 6.92 Å². The van der Waals surface area contributed by atoms with Crippen molar-refractivity contribution in [1.29, 1.82) is 5.26 Å². The van der Waals surface area contributed by atoms with Gasteiger partial charge in [-0.15, -0.1) is 0 Å². The van der Waals surface area contributed by atoms with Crippen LogP contribution in [0.4, 0.5) is 5.00 Å². The summed E-state index contributed by atoms with van der Waals surface area (Å²) < 4.78 is 4.15. The van der Waals surface area contributed by atoms with E-state index in [4.69, 9.17) is 16.9 Å². The molecule has 0 spiro atoms. The highest BCUT2D eigenvalue weighted by molar-refractivity contribution is 7.10. The lowest BCUT2D eigenvalue weighted by Gasteiger charge is -2.07. The number of nitrogens with zero attached hydrogens (tertiary/aromatic N) is 4. The number of nitriles is 1. The number of aliphatic imine (C=N–C) groups is 1. The van der Waals surface area contributed by atoms with E-state index in [1.54, 1.807) is 19.0 Å². The molecule has 1 aromatic heterocycles. The first-order valence-corrected chi connectivity index (χ1v) is 5.55. The number of hydrogen-bond acceptors (Lipinski definition) is 4. The summed E-state index contributed by atoms with van der Waals surface area (Å²) in [6.45, 7) is 1.96. The SMILES string of the molecule is CCc1nsc(/N=C(\Cl)N(C)C)c1C#N. The quantitative estimate of drug-likeness (QED) is 0.455. The molecule has 6 heteroatoms. The summed E-state index contributed by atoms with van der Waals surface area (Å²) in [4.78, 5) is 5.81. The lowest BCUT2D eigenvalue weighted by Crippen LogP contribution is -2.15. The molecule has 0 atom stereocenters. The van der Waals surface area contributed by atoms with E-state index < -0.39 is 0 Å². The van der Waals surface area contributed by atoms with Crippen molar-refractivity contribution >= 4 is 33.4 Å². The van der Waals surface area contributed by atoms with Gasteiger partial charge in [-0.05, 0) is 29.6 Å². The molecule has 1 rings (SSSR count). The molecule has 0 bridgehead atoms. The van der Waals surface area contributed by atoms with Gasteiger partial charge in [-0.3, -0.25) is 0 Å². The molecule has 15 heavy (non-hydrogen) atoms. The molecule has 0 fully saturated rings.